The van der Waals surface area contributed by atoms with Crippen molar-refractivity contribution < 1.29 is 4.79 Å². The molecule has 6 heteroatoms. The van der Waals surface area contributed by atoms with Crippen molar-refractivity contribution in [3.63, 3.8) is 0 Å². The van der Waals surface area contributed by atoms with Gasteiger partial charge in [-0.1, -0.05) is 18.3 Å². The molecule has 0 bridgehead atoms. The molecular weight excluding hydrogens is 248 g/mol. The highest BCUT2D eigenvalue weighted by atomic mass is 32.1. The van der Waals surface area contributed by atoms with E-state index in [4.69, 9.17) is 18.0 Å². The number of thiocarbonyl (C=S) groups is 1. The molecule has 1 saturated carbocycles. The second kappa shape index (κ2) is 5.77. The topological polar surface area (TPSA) is 80.0 Å². The summed E-state index contributed by atoms with van der Waals surface area (Å²) >= 11 is 4.86. The number of hydrogen-bond donors (Lipinski definition) is 3. The van der Waals surface area contributed by atoms with Gasteiger partial charge in [0.05, 0.1) is 5.69 Å². The Bertz CT molecular complexity index is 459. The third-order valence-corrected chi connectivity index (χ3v) is 2.89. The summed E-state index contributed by atoms with van der Waals surface area (Å²) in [4.78, 5) is 15.9. The molecule has 1 aromatic heterocycles. The van der Waals surface area contributed by atoms with Crippen LogP contribution in [0.3, 0.4) is 0 Å². The summed E-state index contributed by atoms with van der Waals surface area (Å²) in [5.74, 6) is 1.11. The van der Waals surface area contributed by atoms with Gasteiger partial charge in [0.25, 0.3) is 0 Å². The zero-order valence-electron chi connectivity index (χ0n) is 9.98. The van der Waals surface area contributed by atoms with E-state index < -0.39 is 0 Å². The zero-order valence-corrected chi connectivity index (χ0v) is 10.8. The standard InChI is InChI=1S/C12H16N4OS/c13-11(18)9-2-1-3-10(16-9)14-6-7-15-12(17)8-4-5-8/h1-3,8H,4-7H2,(H2,13,18)(H,14,16)(H,15,17). The van der Waals surface area contributed by atoms with Crippen molar-refractivity contribution in [3.8, 4) is 0 Å². The summed E-state index contributed by atoms with van der Waals surface area (Å²) < 4.78 is 0. The van der Waals surface area contributed by atoms with Crippen LogP contribution < -0.4 is 16.4 Å². The second-order valence-corrected chi connectivity index (χ2v) is 4.70. The first-order valence-corrected chi connectivity index (χ1v) is 6.36. The Kier molecular flexibility index (Phi) is 4.09. The highest BCUT2D eigenvalue weighted by Gasteiger charge is 2.28. The largest absolute Gasteiger partial charge is 0.388 e. The van der Waals surface area contributed by atoms with Gasteiger partial charge in [0.15, 0.2) is 0 Å². The van der Waals surface area contributed by atoms with E-state index in [0.717, 1.165) is 12.8 Å². The minimum Gasteiger partial charge on any atom is -0.388 e. The van der Waals surface area contributed by atoms with Crippen LogP contribution in [0.5, 0.6) is 0 Å². The number of anilines is 1. The van der Waals surface area contributed by atoms with E-state index in [1.807, 2.05) is 12.1 Å². The van der Waals surface area contributed by atoms with Crippen LogP contribution in [-0.2, 0) is 4.79 Å². The maximum Gasteiger partial charge on any atom is 0.223 e. The molecule has 1 fully saturated rings. The quantitative estimate of drug-likeness (QED) is 0.519. The minimum absolute atomic E-state index is 0.154. The fraction of sp³-hybridized carbons (Fsp3) is 0.417. The average molecular weight is 264 g/mol. The van der Waals surface area contributed by atoms with Gasteiger partial charge >= 0.3 is 0 Å². The van der Waals surface area contributed by atoms with Crippen LogP contribution in [0.15, 0.2) is 18.2 Å². The fourth-order valence-corrected chi connectivity index (χ4v) is 1.65. The van der Waals surface area contributed by atoms with Crippen LogP contribution >= 0.6 is 12.2 Å². The maximum absolute atomic E-state index is 11.4. The van der Waals surface area contributed by atoms with Crippen LogP contribution in [0, 0.1) is 5.92 Å². The molecule has 1 aliphatic rings. The Morgan fingerprint density at radius 1 is 1.44 bits per heavy atom. The van der Waals surface area contributed by atoms with Gasteiger partial charge in [-0.3, -0.25) is 4.79 Å². The molecule has 0 spiro atoms. The van der Waals surface area contributed by atoms with Gasteiger partial charge in [-0.05, 0) is 25.0 Å². The number of aromatic nitrogens is 1. The van der Waals surface area contributed by atoms with Gasteiger partial charge in [0.1, 0.15) is 10.8 Å². The summed E-state index contributed by atoms with van der Waals surface area (Å²) in [6, 6.07) is 5.44. The predicted molar refractivity (Wildman–Crippen MR) is 74.3 cm³/mol. The van der Waals surface area contributed by atoms with Gasteiger partial charge in [0.2, 0.25) is 5.91 Å². The zero-order chi connectivity index (χ0) is 13.0. The van der Waals surface area contributed by atoms with Crippen LogP contribution in [-0.4, -0.2) is 29.0 Å². The third-order valence-electron chi connectivity index (χ3n) is 2.68. The second-order valence-electron chi connectivity index (χ2n) is 4.26. The van der Waals surface area contributed by atoms with Gasteiger partial charge in [0, 0.05) is 19.0 Å². The lowest BCUT2D eigenvalue weighted by atomic mass is 10.3. The smallest absolute Gasteiger partial charge is 0.223 e. The van der Waals surface area contributed by atoms with Crippen molar-refractivity contribution in [2.75, 3.05) is 18.4 Å². The van der Waals surface area contributed by atoms with E-state index in [1.54, 1.807) is 6.07 Å². The summed E-state index contributed by atoms with van der Waals surface area (Å²) in [5, 5.41) is 5.99. The SMILES string of the molecule is NC(=S)c1cccc(NCCNC(=O)C2CC2)n1. The molecule has 0 radical (unpaired) electrons. The molecule has 0 aromatic carbocycles. The van der Waals surface area contributed by atoms with Gasteiger partial charge < -0.3 is 16.4 Å². The molecule has 1 amide bonds. The van der Waals surface area contributed by atoms with Crippen LogP contribution in [0.2, 0.25) is 0 Å². The lowest BCUT2D eigenvalue weighted by Gasteiger charge is -2.08. The van der Waals surface area contributed by atoms with Crippen LogP contribution in [0.4, 0.5) is 5.82 Å². The summed E-state index contributed by atoms with van der Waals surface area (Å²) in [7, 11) is 0. The molecule has 5 nitrogen and oxygen atoms in total. The number of hydrogen-bond acceptors (Lipinski definition) is 4. The summed E-state index contributed by atoms with van der Waals surface area (Å²) in [5.41, 5.74) is 6.10. The van der Waals surface area contributed by atoms with E-state index in [9.17, 15) is 4.79 Å². The highest BCUT2D eigenvalue weighted by molar-refractivity contribution is 7.80. The number of amides is 1. The van der Waals surface area contributed by atoms with Crippen LogP contribution in [0.25, 0.3) is 0 Å². The highest BCUT2D eigenvalue weighted by Crippen LogP contribution is 2.28. The van der Waals surface area contributed by atoms with Gasteiger partial charge in [-0.25, -0.2) is 4.98 Å². The summed E-state index contributed by atoms with van der Waals surface area (Å²) in [6.07, 6.45) is 2.05. The molecule has 1 aliphatic carbocycles. The first-order valence-electron chi connectivity index (χ1n) is 5.95. The lowest BCUT2D eigenvalue weighted by Crippen LogP contribution is -2.30. The number of nitrogens with zero attached hydrogens (tertiary/aromatic N) is 1. The first-order chi connectivity index (χ1) is 8.66. The molecule has 4 N–H and O–H groups in total. The van der Waals surface area contributed by atoms with Gasteiger partial charge in [-0.2, -0.15) is 0 Å². The molecule has 96 valence electrons. The number of rotatable bonds is 6. The van der Waals surface area contributed by atoms with E-state index in [-0.39, 0.29) is 16.8 Å². The molecule has 0 aliphatic heterocycles. The lowest BCUT2D eigenvalue weighted by molar-refractivity contribution is -0.122. The van der Waals surface area contributed by atoms with Gasteiger partial charge in [-0.15, -0.1) is 0 Å². The Morgan fingerprint density at radius 3 is 2.89 bits per heavy atom. The van der Waals surface area contributed by atoms with E-state index in [2.05, 4.69) is 15.6 Å². The van der Waals surface area contributed by atoms with Crippen molar-refractivity contribution in [2.24, 2.45) is 11.7 Å². The number of carbonyl (C=O) groups is 1. The molecule has 0 saturated heterocycles. The Hall–Kier alpha value is -1.69. The Labute approximate surface area is 111 Å². The Balaban J connectivity index is 1.74. The number of carbonyl (C=O) groups excluding carboxylic acids is 1. The molecular formula is C12H16N4OS. The normalized spacial score (nSPS) is 14.0. The number of nitrogens with one attached hydrogen (secondary N) is 2. The number of nitrogens with two attached hydrogens (primary N) is 1. The fourth-order valence-electron chi connectivity index (χ4n) is 1.54. The van der Waals surface area contributed by atoms with E-state index >= 15 is 0 Å². The molecule has 1 heterocycles. The summed E-state index contributed by atoms with van der Waals surface area (Å²) in [6.45, 7) is 1.22. The molecule has 1 aromatic rings. The predicted octanol–water partition coefficient (Wildman–Crippen LogP) is 0.654. The Morgan fingerprint density at radius 2 is 2.22 bits per heavy atom. The first kappa shape index (κ1) is 12.8. The molecule has 0 unspecified atom stereocenters. The van der Waals surface area contributed by atoms with Crippen LogP contribution in [0.1, 0.15) is 18.5 Å². The third kappa shape index (κ3) is 3.66. The van der Waals surface area contributed by atoms with Crippen molar-refractivity contribution in [1.82, 2.24) is 10.3 Å². The van der Waals surface area contributed by atoms with Crippen molar-refractivity contribution >= 4 is 28.9 Å². The minimum atomic E-state index is 0.154. The molecule has 18 heavy (non-hydrogen) atoms. The maximum atomic E-state index is 11.4. The van der Waals surface area contributed by atoms with Crippen molar-refractivity contribution in [2.45, 2.75) is 12.8 Å². The molecule has 2 rings (SSSR count). The van der Waals surface area contributed by atoms with Crippen molar-refractivity contribution in [3.05, 3.63) is 23.9 Å². The average Bonchev–Trinajstić information content (AvgIpc) is 3.19. The molecule has 0 atom stereocenters. The van der Waals surface area contributed by atoms with E-state index in [1.165, 1.54) is 0 Å². The van der Waals surface area contributed by atoms with Crippen molar-refractivity contribution in [1.29, 1.82) is 0 Å². The number of pyridine rings is 1. The monoisotopic (exact) mass is 264 g/mol. The van der Waals surface area contributed by atoms with E-state index in [0.29, 0.717) is 24.6 Å².